The molecule has 6 nitrogen and oxygen atoms in total. The van der Waals surface area contributed by atoms with E-state index in [4.69, 9.17) is 0 Å². The Morgan fingerprint density at radius 2 is 1.68 bits per heavy atom. The van der Waals surface area contributed by atoms with E-state index in [1.54, 1.807) is 17.0 Å². The number of halogens is 2. The molecule has 140 valence electrons. The van der Waals surface area contributed by atoms with E-state index in [-0.39, 0.29) is 30.7 Å². The normalized spacial score (nSPS) is 10.8. The summed E-state index contributed by atoms with van der Waals surface area (Å²) in [6, 6.07) is 6.29. The van der Waals surface area contributed by atoms with Crippen molar-refractivity contribution in [1.82, 2.24) is 15.5 Å². The molecule has 8 heteroatoms. The number of carbonyl (C=O) groups is 2. The lowest BCUT2D eigenvalue weighted by Gasteiger charge is -2.19. The Kier molecular flexibility index (Phi) is 9.46. The van der Waals surface area contributed by atoms with Gasteiger partial charge in [-0.2, -0.15) is 8.78 Å². The molecule has 0 aliphatic heterocycles. The van der Waals surface area contributed by atoms with Gasteiger partial charge in [-0.1, -0.05) is 19.1 Å². The van der Waals surface area contributed by atoms with Gasteiger partial charge in [0.25, 0.3) is 0 Å². The smallest absolute Gasteiger partial charge is 0.387 e. The number of alkyl halides is 2. The molecule has 1 aromatic carbocycles. The number of hydrogen-bond donors (Lipinski definition) is 2. The van der Waals surface area contributed by atoms with Crippen molar-refractivity contribution in [3.8, 4) is 5.75 Å². The molecule has 0 fully saturated rings. The molecule has 2 amide bonds. The Morgan fingerprint density at radius 1 is 1.08 bits per heavy atom. The monoisotopic (exact) mass is 357 g/mol. The summed E-state index contributed by atoms with van der Waals surface area (Å²) < 4.78 is 28.4. The third-order valence-corrected chi connectivity index (χ3v) is 3.44. The zero-order valence-corrected chi connectivity index (χ0v) is 14.6. The van der Waals surface area contributed by atoms with Crippen molar-refractivity contribution in [2.24, 2.45) is 0 Å². The van der Waals surface area contributed by atoms with Gasteiger partial charge in [0.15, 0.2) is 0 Å². The van der Waals surface area contributed by atoms with Gasteiger partial charge in [-0.3, -0.25) is 14.5 Å². The highest BCUT2D eigenvalue weighted by Gasteiger charge is 2.12. The fourth-order valence-corrected chi connectivity index (χ4v) is 2.18. The third-order valence-electron chi connectivity index (χ3n) is 3.44. The van der Waals surface area contributed by atoms with Gasteiger partial charge in [-0.25, -0.2) is 0 Å². The molecule has 0 spiro atoms. The molecule has 0 bridgehead atoms. The van der Waals surface area contributed by atoms with E-state index in [2.05, 4.69) is 15.4 Å². The number of ether oxygens (including phenoxy) is 1. The van der Waals surface area contributed by atoms with Crippen LogP contribution in [0.25, 0.3) is 0 Å². The lowest BCUT2D eigenvalue weighted by Crippen LogP contribution is -2.43. The number of likely N-dealkylation sites (N-methyl/N-ethyl adjacent to an activating group) is 2. The van der Waals surface area contributed by atoms with Crippen molar-refractivity contribution in [3.63, 3.8) is 0 Å². The molecule has 0 saturated heterocycles. The van der Waals surface area contributed by atoms with Crippen LogP contribution in [-0.4, -0.2) is 56.0 Å². The average Bonchev–Trinajstić information content (AvgIpc) is 2.55. The molecule has 25 heavy (non-hydrogen) atoms. The van der Waals surface area contributed by atoms with E-state index >= 15 is 0 Å². The van der Waals surface area contributed by atoms with Gasteiger partial charge in [-0.15, -0.1) is 0 Å². The SMILES string of the molecule is CCNC(=O)CN(CC)CC(=O)NCCc1ccc(OC(F)F)cc1. The lowest BCUT2D eigenvalue weighted by atomic mass is 10.1. The second-order valence-electron chi connectivity index (χ2n) is 5.38. The summed E-state index contributed by atoms with van der Waals surface area (Å²) in [6.07, 6.45) is 0.573. The highest BCUT2D eigenvalue weighted by molar-refractivity contribution is 5.81. The van der Waals surface area contributed by atoms with Crippen molar-refractivity contribution in [1.29, 1.82) is 0 Å². The number of nitrogens with zero attached hydrogens (tertiary/aromatic N) is 1. The summed E-state index contributed by atoms with van der Waals surface area (Å²) in [4.78, 5) is 25.2. The summed E-state index contributed by atoms with van der Waals surface area (Å²) in [5.74, 6) is -0.168. The first-order valence-corrected chi connectivity index (χ1v) is 8.24. The number of nitrogens with one attached hydrogen (secondary N) is 2. The number of carbonyl (C=O) groups excluding carboxylic acids is 2. The Labute approximate surface area is 146 Å². The van der Waals surface area contributed by atoms with Crippen LogP contribution in [0.5, 0.6) is 5.75 Å². The average molecular weight is 357 g/mol. The maximum Gasteiger partial charge on any atom is 0.387 e. The number of amides is 2. The molecule has 0 saturated carbocycles. The van der Waals surface area contributed by atoms with Crippen molar-refractivity contribution in [2.75, 3.05) is 32.7 Å². The van der Waals surface area contributed by atoms with Gasteiger partial charge in [0, 0.05) is 13.1 Å². The van der Waals surface area contributed by atoms with Crippen LogP contribution < -0.4 is 15.4 Å². The molecule has 2 N–H and O–H groups in total. The lowest BCUT2D eigenvalue weighted by molar-refractivity contribution is -0.125. The molecule has 0 aromatic heterocycles. The van der Waals surface area contributed by atoms with Crippen LogP contribution in [0.3, 0.4) is 0 Å². The molecule has 0 radical (unpaired) electrons. The summed E-state index contributed by atoms with van der Waals surface area (Å²) in [6.45, 7) is 2.79. The van der Waals surface area contributed by atoms with Crippen LogP contribution in [0.2, 0.25) is 0 Å². The van der Waals surface area contributed by atoms with Crippen molar-refractivity contribution >= 4 is 11.8 Å². The van der Waals surface area contributed by atoms with E-state index in [0.717, 1.165) is 5.56 Å². The minimum atomic E-state index is -2.84. The predicted octanol–water partition coefficient (Wildman–Crippen LogP) is 1.40. The minimum absolute atomic E-state index is 0.103. The van der Waals surface area contributed by atoms with Crippen molar-refractivity contribution in [2.45, 2.75) is 26.9 Å². The minimum Gasteiger partial charge on any atom is -0.435 e. The fourth-order valence-electron chi connectivity index (χ4n) is 2.18. The predicted molar refractivity (Wildman–Crippen MR) is 90.6 cm³/mol. The summed E-state index contributed by atoms with van der Waals surface area (Å²) in [5.41, 5.74) is 0.900. The van der Waals surface area contributed by atoms with Gasteiger partial charge in [0.1, 0.15) is 5.75 Å². The van der Waals surface area contributed by atoms with Gasteiger partial charge >= 0.3 is 6.61 Å². The van der Waals surface area contributed by atoms with E-state index in [0.29, 0.717) is 26.1 Å². The fraction of sp³-hybridized carbons (Fsp3) is 0.529. The first-order chi connectivity index (χ1) is 11.9. The zero-order chi connectivity index (χ0) is 18.7. The first kappa shape index (κ1) is 20.8. The third kappa shape index (κ3) is 8.99. The second-order valence-corrected chi connectivity index (χ2v) is 5.38. The van der Waals surface area contributed by atoms with Crippen LogP contribution in [-0.2, 0) is 16.0 Å². The quantitative estimate of drug-likeness (QED) is 0.628. The zero-order valence-electron chi connectivity index (χ0n) is 14.6. The van der Waals surface area contributed by atoms with Crippen molar-refractivity contribution < 1.29 is 23.1 Å². The van der Waals surface area contributed by atoms with Gasteiger partial charge in [0.05, 0.1) is 13.1 Å². The Morgan fingerprint density at radius 3 is 2.20 bits per heavy atom. The van der Waals surface area contributed by atoms with Gasteiger partial charge in [0.2, 0.25) is 11.8 Å². The Bertz CT molecular complexity index is 538. The number of hydrogen-bond acceptors (Lipinski definition) is 4. The summed E-state index contributed by atoms with van der Waals surface area (Å²) >= 11 is 0. The van der Waals surface area contributed by atoms with Crippen LogP contribution in [0.15, 0.2) is 24.3 Å². The Hall–Kier alpha value is -2.22. The van der Waals surface area contributed by atoms with Crippen LogP contribution in [0.1, 0.15) is 19.4 Å². The van der Waals surface area contributed by atoms with Gasteiger partial charge < -0.3 is 15.4 Å². The maximum atomic E-state index is 12.1. The summed E-state index contributed by atoms with van der Waals surface area (Å²) in [5, 5.41) is 5.48. The van der Waals surface area contributed by atoms with E-state index in [1.807, 2.05) is 13.8 Å². The van der Waals surface area contributed by atoms with Crippen LogP contribution >= 0.6 is 0 Å². The molecule has 0 unspecified atom stereocenters. The highest BCUT2D eigenvalue weighted by atomic mass is 19.3. The largest absolute Gasteiger partial charge is 0.435 e. The molecule has 1 aromatic rings. The standard InChI is InChI=1S/C17H25F2N3O3/c1-3-20-15(23)11-22(4-2)12-16(24)21-10-9-13-5-7-14(8-6-13)25-17(18)19/h5-8,17H,3-4,9-12H2,1-2H3,(H,20,23)(H,21,24). The molecule has 0 aliphatic carbocycles. The van der Waals surface area contributed by atoms with Crippen LogP contribution in [0.4, 0.5) is 8.78 Å². The second kappa shape index (κ2) is 11.4. The van der Waals surface area contributed by atoms with Crippen LogP contribution in [0, 0.1) is 0 Å². The maximum absolute atomic E-state index is 12.1. The van der Waals surface area contributed by atoms with Gasteiger partial charge in [-0.05, 0) is 37.6 Å². The van der Waals surface area contributed by atoms with E-state index in [1.165, 1.54) is 12.1 Å². The first-order valence-electron chi connectivity index (χ1n) is 8.24. The number of rotatable bonds is 11. The van der Waals surface area contributed by atoms with Crippen molar-refractivity contribution in [3.05, 3.63) is 29.8 Å². The molecule has 0 atom stereocenters. The van der Waals surface area contributed by atoms with E-state index in [9.17, 15) is 18.4 Å². The molecular weight excluding hydrogens is 332 g/mol. The molecule has 1 rings (SSSR count). The Balaban J connectivity index is 2.32. The number of benzene rings is 1. The topological polar surface area (TPSA) is 70.7 Å². The summed E-state index contributed by atoms with van der Waals surface area (Å²) in [7, 11) is 0. The molecular formula is C17H25F2N3O3. The van der Waals surface area contributed by atoms with E-state index < -0.39 is 6.61 Å². The molecule has 0 aliphatic rings. The molecule has 0 heterocycles. The highest BCUT2D eigenvalue weighted by Crippen LogP contribution is 2.14.